The number of likely N-dealkylation sites (tertiary alicyclic amines) is 1. The fourth-order valence-corrected chi connectivity index (χ4v) is 5.64. The van der Waals surface area contributed by atoms with Crippen LogP contribution in [0.2, 0.25) is 0 Å². The van der Waals surface area contributed by atoms with Crippen molar-refractivity contribution < 1.29 is 17.6 Å². The fourth-order valence-electron chi connectivity index (χ4n) is 4.50. The maximum Gasteiger partial charge on any atom is 0.284 e. The quantitative estimate of drug-likeness (QED) is 0.755. The van der Waals surface area contributed by atoms with Gasteiger partial charge in [0.1, 0.15) is 11.7 Å². The molecule has 1 saturated carbocycles. The summed E-state index contributed by atoms with van der Waals surface area (Å²) in [5.74, 6) is -0.0712. The van der Waals surface area contributed by atoms with Gasteiger partial charge in [0.05, 0.1) is 10.3 Å². The standard InChI is InChI=1S/C23H26FN3O3S/c1-27-14-6-11-21(27)26-31(29,30)20-10-5-9-19(16-20)25-22(28)23(12-2-3-13-23)17-7-4-8-18(24)15-17/h4-5,7-10,15-16H,2-3,6,11-14H2,1H3,(H,25,28)/b26-21-. The number of carbonyl (C=O) groups is 1. The molecule has 1 aliphatic carbocycles. The van der Waals surface area contributed by atoms with E-state index >= 15 is 0 Å². The first-order valence-electron chi connectivity index (χ1n) is 10.5. The number of sulfonamides is 1. The Kier molecular flexibility index (Phi) is 5.83. The smallest absolute Gasteiger partial charge is 0.284 e. The number of hydrogen-bond acceptors (Lipinski definition) is 3. The van der Waals surface area contributed by atoms with Crippen LogP contribution in [0.4, 0.5) is 10.1 Å². The maximum atomic E-state index is 13.8. The normalized spacial score (nSPS) is 19.7. The number of amides is 1. The molecule has 6 nitrogen and oxygen atoms in total. The molecule has 1 amide bonds. The van der Waals surface area contributed by atoms with Crippen LogP contribution in [0.5, 0.6) is 0 Å². The second kappa shape index (κ2) is 8.42. The highest BCUT2D eigenvalue weighted by Gasteiger charge is 2.43. The number of anilines is 1. The Bertz CT molecular complexity index is 1120. The van der Waals surface area contributed by atoms with E-state index in [1.165, 1.54) is 24.3 Å². The van der Waals surface area contributed by atoms with Crippen molar-refractivity contribution >= 4 is 27.5 Å². The average Bonchev–Trinajstić information content (AvgIpc) is 3.38. The highest BCUT2D eigenvalue weighted by molar-refractivity contribution is 7.90. The van der Waals surface area contributed by atoms with E-state index in [2.05, 4.69) is 9.71 Å². The molecule has 2 aromatic rings. The van der Waals surface area contributed by atoms with E-state index in [4.69, 9.17) is 0 Å². The highest BCUT2D eigenvalue weighted by atomic mass is 32.2. The van der Waals surface area contributed by atoms with Crippen LogP contribution < -0.4 is 5.32 Å². The Labute approximate surface area is 182 Å². The molecule has 2 fully saturated rings. The molecular formula is C23H26FN3O3S. The lowest BCUT2D eigenvalue weighted by atomic mass is 9.78. The molecule has 0 atom stereocenters. The second-order valence-electron chi connectivity index (χ2n) is 8.29. The number of amidine groups is 1. The molecule has 8 heteroatoms. The van der Waals surface area contributed by atoms with Crippen molar-refractivity contribution in [3.8, 4) is 0 Å². The maximum absolute atomic E-state index is 13.8. The lowest BCUT2D eigenvalue weighted by Gasteiger charge is -2.28. The van der Waals surface area contributed by atoms with Gasteiger partial charge < -0.3 is 10.2 Å². The summed E-state index contributed by atoms with van der Waals surface area (Å²) in [6, 6.07) is 12.3. The van der Waals surface area contributed by atoms with Gasteiger partial charge in [0.25, 0.3) is 10.0 Å². The van der Waals surface area contributed by atoms with Crippen molar-refractivity contribution in [3.63, 3.8) is 0 Å². The number of nitrogens with zero attached hydrogens (tertiary/aromatic N) is 2. The number of benzene rings is 2. The SMILES string of the molecule is CN1CCC/C1=N/S(=O)(=O)c1cccc(NC(=O)C2(c3cccc(F)c3)CCCC2)c1. The van der Waals surface area contributed by atoms with Gasteiger partial charge >= 0.3 is 0 Å². The molecule has 2 aliphatic rings. The summed E-state index contributed by atoms with van der Waals surface area (Å²) < 4.78 is 43.4. The average molecular weight is 444 g/mol. The van der Waals surface area contributed by atoms with Gasteiger partial charge in [0.2, 0.25) is 5.91 Å². The Morgan fingerprint density at radius 2 is 1.84 bits per heavy atom. The first-order chi connectivity index (χ1) is 14.8. The molecule has 1 saturated heterocycles. The van der Waals surface area contributed by atoms with Crippen molar-refractivity contribution in [2.24, 2.45) is 4.40 Å². The molecular weight excluding hydrogens is 417 g/mol. The molecule has 0 bridgehead atoms. The first-order valence-corrected chi connectivity index (χ1v) is 12.0. The zero-order valence-corrected chi connectivity index (χ0v) is 18.3. The molecule has 0 radical (unpaired) electrons. The Morgan fingerprint density at radius 1 is 1.10 bits per heavy atom. The topological polar surface area (TPSA) is 78.8 Å². The summed E-state index contributed by atoms with van der Waals surface area (Å²) in [5.41, 5.74) is 0.222. The second-order valence-corrected chi connectivity index (χ2v) is 9.89. The van der Waals surface area contributed by atoms with Crippen LogP contribution in [0.3, 0.4) is 0 Å². The van der Waals surface area contributed by atoms with Crippen LogP contribution in [0.15, 0.2) is 57.8 Å². The van der Waals surface area contributed by atoms with Crippen molar-refractivity contribution in [1.29, 1.82) is 0 Å². The van der Waals surface area contributed by atoms with Gasteiger partial charge in [-0.1, -0.05) is 31.0 Å². The third kappa shape index (κ3) is 4.35. The monoisotopic (exact) mass is 443 g/mol. The fraction of sp³-hybridized carbons (Fsp3) is 0.391. The molecule has 2 aromatic carbocycles. The third-order valence-corrected chi connectivity index (χ3v) is 7.52. The predicted molar refractivity (Wildman–Crippen MR) is 118 cm³/mol. The Morgan fingerprint density at radius 3 is 2.52 bits per heavy atom. The molecule has 1 N–H and O–H groups in total. The Balaban J connectivity index is 1.60. The molecule has 1 aliphatic heterocycles. The minimum absolute atomic E-state index is 0.0318. The number of rotatable bonds is 5. The third-order valence-electron chi connectivity index (χ3n) is 6.22. The van der Waals surface area contributed by atoms with Crippen LogP contribution >= 0.6 is 0 Å². The van der Waals surface area contributed by atoms with Crippen molar-refractivity contribution in [2.75, 3.05) is 18.9 Å². The van der Waals surface area contributed by atoms with Gasteiger partial charge in [0.15, 0.2) is 0 Å². The van der Waals surface area contributed by atoms with Gasteiger partial charge in [-0.05, 0) is 55.2 Å². The zero-order chi connectivity index (χ0) is 22.1. The van der Waals surface area contributed by atoms with Gasteiger partial charge in [-0.25, -0.2) is 4.39 Å². The molecule has 0 unspecified atom stereocenters. The molecule has 1 heterocycles. The van der Waals surface area contributed by atoms with E-state index < -0.39 is 15.4 Å². The number of nitrogens with one attached hydrogen (secondary N) is 1. The number of halogens is 1. The summed E-state index contributed by atoms with van der Waals surface area (Å²) in [4.78, 5) is 15.2. The van der Waals surface area contributed by atoms with Gasteiger partial charge in [-0.3, -0.25) is 4.79 Å². The van der Waals surface area contributed by atoms with Crippen molar-refractivity contribution in [2.45, 2.75) is 48.8 Å². The summed E-state index contributed by atoms with van der Waals surface area (Å²) in [7, 11) is -2.06. The minimum atomic E-state index is -3.88. The molecule has 0 aromatic heterocycles. The minimum Gasteiger partial charge on any atom is -0.362 e. The lowest BCUT2D eigenvalue weighted by molar-refractivity contribution is -0.121. The van der Waals surface area contributed by atoms with Crippen LogP contribution in [0, 0.1) is 5.82 Å². The van der Waals surface area contributed by atoms with Crippen LogP contribution in [-0.4, -0.2) is 38.7 Å². The molecule has 0 spiro atoms. The number of carbonyl (C=O) groups excluding carboxylic acids is 1. The van der Waals surface area contributed by atoms with E-state index in [0.29, 0.717) is 36.3 Å². The van der Waals surface area contributed by atoms with Gasteiger partial charge in [-0.15, -0.1) is 4.40 Å². The van der Waals surface area contributed by atoms with Crippen LogP contribution in [0.25, 0.3) is 0 Å². The van der Waals surface area contributed by atoms with Gasteiger partial charge in [-0.2, -0.15) is 8.42 Å². The number of hydrogen-bond donors (Lipinski definition) is 1. The molecule has 31 heavy (non-hydrogen) atoms. The van der Waals surface area contributed by atoms with Gasteiger partial charge in [0, 0.05) is 25.7 Å². The summed E-state index contributed by atoms with van der Waals surface area (Å²) >= 11 is 0. The van der Waals surface area contributed by atoms with E-state index in [-0.39, 0.29) is 16.6 Å². The summed E-state index contributed by atoms with van der Waals surface area (Å²) in [6.45, 7) is 0.784. The summed E-state index contributed by atoms with van der Waals surface area (Å²) in [5, 5.41) is 2.87. The van der Waals surface area contributed by atoms with Crippen LogP contribution in [0.1, 0.15) is 44.1 Å². The van der Waals surface area contributed by atoms with E-state index in [1.54, 1.807) is 24.3 Å². The first kappa shape index (κ1) is 21.5. The van der Waals surface area contributed by atoms with Crippen molar-refractivity contribution in [3.05, 3.63) is 59.9 Å². The Hall–Kier alpha value is -2.74. The zero-order valence-electron chi connectivity index (χ0n) is 17.5. The van der Waals surface area contributed by atoms with Crippen LogP contribution in [-0.2, 0) is 20.2 Å². The highest BCUT2D eigenvalue weighted by Crippen LogP contribution is 2.42. The van der Waals surface area contributed by atoms with E-state index in [0.717, 1.165) is 25.8 Å². The largest absolute Gasteiger partial charge is 0.362 e. The summed E-state index contributed by atoms with van der Waals surface area (Å²) in [6.07, 6.45) is 4.51. The lowest BCUT2D eigenvalue weighted by Crippen LogP contribution is -2.38. The van der Waals surface area contributed by atoms with E-state index in [9.17, 15) is 17.6 Å². The predicted octanol–water partition coefficient (Wildman–Crippen LogP) is 4.09. The van der Waals surface area contributed by atoms with Crippen molar-refractivity contribution in [1.82, 2.24) is 4.90 Å². The molecule has 164 valence electrons. The van der Waals surface area contributed by atoms with E-state index in [1.807, 2.05) is 11.9 Å². The molecule has 4 rings (SSSR count).